The van der Waals surface area contributed by atoms with Gasteiger partial charge in [-0.3, -0.25) is 4.79 Å². The van der Waals surface area contributed by atoms with Crippen LogP contribution in [0.25, 0.3) is 0 Å². The largest absolute Gasteiger partial charge is 0.479 e. The van der Waals surface area contributed by atoms with Crippen molar-refractivity contribution in [3.8, 4) is 11.8 Å². The van der Waals surface area contributed by atoms with E-state index >= 15 is 0 Å². The van der Waals surface area contributed by atoms with Crippen LogP contribution in [0.3, 0.4) is 0 Å². The molecule has 0 heterocycles. The number of anilines is 1. The summed E-state index contributed by atoms with van der Waals surface area (Å²) in [6, 6.07) is 16.3. The summed E-state index contributed by atoms with van der Waals surface area (Å²) in [7, 11) is 5.59. The van der Waals surface area contributed by atoms with E-state index in [4.69, 9.17) is 14.7 Å². The first-order valence-electron chi connectivity index (χ1n) is 9.14. The average Bonchev–Trinajstić information content (AvgIpc) is 2.72. The third kappa shape index (κ3) is 6.54. The fourth-order valence-electron chi connectivity index (χ4n) is 2.48. The number of carbonyl (C=O) groups is 2. The highest BCUT2D eigenvalue weighted by molar-refractivity contribution is 5.82. The van der Waals surface area contributed by atoms with Gasteiger partial charge in [0, 0.05) is 33.4 Å². The Labute approximate surface area is 171 Å². The minimum Gasteiger partial charge on any atom is -0.479 e. The van der Waals surface area contributed by atoms with Gasteiger partial charge in [-0.15, -0.1) is 0 Å². The van der Waals surface area contributed by atoms with Crippen LogP contribution in [0.1, 0.15) is 18.1 Å². The van der Waals surface area contributed by atoms with Crippen molar-refractivity contribution in [3.05, 3.63) is 59.7 Å². The van der Waals surface area contributed by atoms with Crippen molar-refractivity contribution in [2.75, 3.05) is 32.6 Å². The van der Waals surface area contributed by atoms with Crippen LogP contribution in [-0.4, -0.2) is 50.6 Å². The Hall–Kier alpha value is -3.53. The van der Waals surface area contributed by atoms with Crippen molar-refractivity contribution in [2.45, 2.75) is 19.6 Å². The van der Waals surface area contributed by atoms with Crippen LogP contribution in [0, 0.1) is 11.3 Å². The lowest BCUT2D eigenvalue weighted by atomic mass is 10.2. The molecule has 1 atom stereocenters. The summed E-state index contributed by atoms with van der Waals surface area (Å²) >= 11 is 0. The fourth-order valence-corrected chi connectivity index (χ4v) is 2.48. The van der Waals surface area contributed by atoms with Gasteiger partial charge >= 0.3 is 5.97 Å². The highest BCUT2D eigenvalue weighted by Crippen LogP contribution is 2.15. The van der Waals surface area contributed by atoms with Crippen LogP contribution in [0.2, 0.25) is 0 Å². The molecule has 0 saturated carbocycles. The van der Waals surface area contributed by atoms with Crippen molar-refractivity contribution in [2.24, 2.45) is 0 Å². The van der Waals surface area contributed by atoms with Crippen molar-refractivity contribution in [1.29, 1.82) is 5.26 Å². The Kier molecular flexibility index (Phi) is 7.61. The minimum absolute atomic E-state index is 0.305. The molecule has 0 aliphatic rings. The number of carbonyl (C=O) groups excluding carboxylic acids is 2. The predicted molar refractivity (Wildman–Crippen MR) is 109 cm³/mol. The second-order valence-electron chi connectivity index (χ2n) is 6.81. The number of amides is 1. The standard InChI is InChI=1S/C22H25N3O4/c1-16(29-20-11-7-17(13-23)8-12-20)22(27)28-15-21(26)25(4)14-18-5-9-19(10-6-18)24(2)3/h5-12,16H,14-15H2,1-4H3/t16-/m0/s1. The molecule has 0 aliphatic carbocycles. The number of likely N-dealkylation sites (N-methyl/N-ethyl adjacent to an activating group) is 1. The summed E-state index contributed by atoms with van der Waals surface area (Å²) in [5.74, 6) is -0.495. The van der Waals surface area contributed by atoms with E-state index in [-0.39, 0.29) is 12.5 Å². The van der Waals surface area contributed by atoms with E-state index in [1.165, 1.54) is 4.90 Å². The second-order valence-corrected chi connectivity index (χ2v) is 6.81. The SMILES string of the molecule is C[C@H](Oc1ccc(C#N)cc1)C(=O)OCC(=O)N(C)Cc1ccc(N(C)C)cc1. The molecule has 0 bridgehead atoms. The summed E-state index contributed by atoms with van der Waals surface area (Å²) in [6.07, 6.45) is -0.875. The van der Waals surface area contributed by atoms with E-state index in [1.54, 1.807) is 38.2 Å². The first-order chi connectivity index (χ1) is 13.8. The lowest BCUT2D eigenvalue weighted by Crippen LogP contribution is -2.34. The number of benzene rings is 2. The van der Waals surface area contributed by atoms with Gasteiger partial charge in [-0.05, 0) is 48.9 Å². The Morgan fingerprint density at radius 1 is 1.03 bits per heavy atom. The van der Waals surface area contributed by atoms with Gasteiger partial charge in [0.1, 0.15) is 5.75 Å². The smallest absolute Gasteiger partial charge is 0.347 e. The third-order valence-electron chi connectivity index (χ3n) is 4.26. The van der Waals surface area contributed by atoms with Crippen molar-refractivity contribution >= 4 is 17.6 Å². The minimum atomic E-state index is -0.875. The average molecular weight is 395 g/mol. The number of esters is 1. The van der Waals surface area contributed by atoms with Crippen molar-refractivity contribution in [3.63, 3.8) is 0 Å². The van der Waals surface area contributed by atoms with Crippen molar-refractivity contribution < 1.29 is 19.1 Å². The summed E-state index contributed by atoms with van der Waals surface area (Å²) in [4.78, 5) is 27.8. The maximum Gasteiger partial charge on any atom is 0.347 e. The molecular formula is C22H25N3O4. The van der Waals surface area contributed by atoms with Gasteiger partial charge < -0.3 is 19.3 Å². The molecule has 7 heteroatoms. The van der Waals surface area contributed by atoms with E-state index in [9.17, 15) is 9.59 Å². The van der Waals surface area contributed by atoms with Gasteiger partial charge in [-0.2, -0.15) is 5.26 Å². The fraction of sp³-hybridized carbons (Fsp3) is 0.318. The quantitative estimate of drug-likeness (QED) is 0.639. The molecule has 152 valence electrons. The van der Waals surface area contributed by atoms with E-state index in [1.807, 2.05) is 49.3 Å². The third-order valence-corrected chi connectivity index (χ3v) is 4.26. The highest BCUT2D eigenvalue weighted by Gasteiger charge is 2.19. The molecule has 0 unspecified atom stereocenters. The van der Waals surface area contributed by atoms with Crippen LogP contribution in [0.15, 0.2) is 48.5 Å². The number of ether oxygens (including phenoxy) is 2. The molecule has 0 aliphatic heterocycles. The Bertz CT molecular complexity index is 870. The molecular weight excluding hydrogens is 370 g/mol. The van der Waals surface area contributed by atoms with Gasteiger partial charge in [-0.25, -0.2) is 4.79 Å². The van der Waals surface area contributed by atoms with Gasteiger partial charge in [0.15, 0.2) is 12.7 Å². The van der Waals surface area contributed by atoms with E-state index < -0.39 is 12.1 Å². The maximum atomic E-state index is 12.2. The predicted octanol–water partition coefficient (Wildman–Crippen LogP) is 2.59. The Morgan fingerprint density at radius 3 is 2.21 bits per heavy atom. The molecule has 0 fully saturated rings. The van der Waals surface area contributed by atoms with E-state index in [0.717, 1.165) is 11.3 Å². The van der Waals surface area contributed by atoms with Gasteiger partial charge in [-0.1, -0.05) is 12.1 Å². The number of hydrogen-bond donors (Lipinski definition) is 0. The molecule has 2 aromatic rings. The molecule has 2 aromatic carbocycles. The highest BCUT2D eigenvalue weighted by atomic mass is 16.6. The molecule has 1 amide bonds. The molecule has 29 heavy (non-hydrogen) atoms. The number of nitrogens with zero attached hydrogens (tertiary/aromatic N) is 3. The lowest BCUT2D eigenvalue weighted by Gasteiger charge is -2.19. The van der Waals surface area contributed by atoms with Crippen molar-refractivity contribution in [1.82, 2.24) is 4.90 Å². The number of nitriles is 1. The van der Waals surface area contributed by atoms with Gasteiger partial charge in [0.05, 0.1) is 11.6 Å². The summed E-state index contributed by atoms with van der Waals surface area (Å²) in [5.41, 5.74) is 2.56. The monoisotopic (exact) mass is 395 g/mol. The van der Waals surface area contributed by atoms with Crippen LogP contribution in [0.4, 0.5) is 5.69 Å². The summed E-state index contributed by atoms with van der Waals surface area (Å²) in [5, 5.41) is 8.79. The van der Waals surface area contributed by atoms with Gasteiger partial charge in [0.25, 0.3) is 5.91 Å². The number of hydrogen-bond acceptors (Lipinski definition) is 6. The molecule has 2 rings (SSSR count). The molecule has 7 nitrogen and oxygen atoms in total. The van der Waals surface area contributed by atoms with Crippen LogP contribution >= 0.6 is 0 Å². The Morgan fingerprint density at radius 2 is 1.66 bits per heavy atom. The second kappa shape index (κ2) is 10.1. The lowest BCUT2D eigenvalue weighted by molar-refractivity contribution is -0.157. The van der Waals surface area contributed by atoms with Crippen LogP contribution in [-0.2, 0) is 20.9 Å². The summed E-state index contributed by atoms with van der Waals surface area (Å²) < 4.78 is 10.6. The molecule has 0 N–H and O–H groups in total. The molecule has 0 saturated heterocycles. The summed E-state index contributed by atoms with van der Waals surface area (Å²) in [6.45, 7) is 1.61. The zero-order valence-electron chi connectivity index (χ0n) is 17.1. The first-order valence-corrected chi connectivity index (χ1v) is 9.14. The van der Waals surface area contributed by atoms with Gasteiger partial charge in [0.2, 0.25) is 0 Å². The molecule has 0 aromatic heterocycles. The zero-order valence-corrected chi connectivity index (χ0v) is 17.1. The number of rotatable bonds is 8. The normalized spacial score (nSPS) is 11.1. The Balaban J connectivity index is 1.80. The topological polar surface area (TPSA) is 82.9 Å². The van der Waals surface area contributed by atoms with E-state index in [0.29, 0.717) is 17.9 Å². The molecule has 0 spiro atoms. The van der Waals surface area contributed by atoms with Crippen LogP contribution < -0.4 is 9.64 Å². The molecule has 0 radical (unpaired) electrons. The van der Waals surface area contributed by atoms with E-state index in [2.05, 4.69) is 0 Å². The zero-order chi connectivity index (χ0) is 21.4. The first kappa shape index (κ1) is 21.8. The maximum absolute atomic E-state index is 12.2. The van der Waals surface area contributed by atoms with Crippen LogP contribution in [0.5, 0.6) is 5.75 Å².